The van der Waals surface area contributed by atoms with Crippen molar-refractivity contribution in [3.8, 4) is 0 Å². The Hall–Kier alpha value is -1.66. The summed E-state index contributed by atoms with van der Waals surface area (Å²) in [5, 5.41) is 16.0. The lowest BCUT2D eigenvalue weighted by Gasteiger charge is -2.21. The molecule has 0 aliphatic heterocycles. The van der Waals surface area contributed by atoms with Crippen LogP contribution < -0.4 is 5.32 Å². The second-order valence-corrected chi connectivity index (χ2v) is 6.30. The number of rotatable bonds is 7. The van der Waals surface area contributed by atoms with E-state index in [0.717, 1.165) is 23.5 Å². The molecule has 5 nitrogen and oxygen atoms in total. The molecular formula is C15H20N2O3S. The standard InChI is InChI=1S/C15H20N2O3S/c1-11-17-12(9-21-11)5-3-7-14(18)16-10-15(2,19)13-6-4-8-20-13/h4,6,8-9,19H,3,5,7,10H2,1-2H3,(H,16,18). The van der Waals surface area contributed by atoms with Crippen molar-refractivity contribution in [1.82, 2.24) is 10.3 Å². The molecule has 0 aliphatic carbocycles. The summed E-state index contributed by atoms with van der Waals surface area (Å²) in [4.78, 5) is 16.1. The Morgan fingerprint density at radius 1 is 1.57 bits per heavy atom. The third-order valence-electron chi connectivity index (χ3n) is 3.19. The highest BCUT2D eigenvalue weighted by Gasteiger charge is 2.26. The second kappa shape index (κ2) is 6.87. The van der Waals surface area contributed by atoms with Crippen molar-refractivity contribution >= 4 is 17.2 Å². The lowest BCUT2D eigenvalue weighted by molar-refractivity contribution is -0.122. The van der Waals surface area contributed by atoms with E-state index >= 15 is 0 Å². The number of aromatic nitrogens is 1. The van der Waals surface area contributed by atoms with Crippen LogP contribution in [0.2, 0.25) is 0 Å². The van der Waals surface area contributed by atoms with Gasteiger partial charge in [-0.3, -0.25) is 4.79 Å². The molecule has 2 heterocycles. The normalized spacial score (nSPS) is 13.9. The van der Waals surface area contributed by atoms with Crippen molar-refractivity contribution < 1.29 is 14.3 Å². The van der Waals surface area contributed by atoms with Crippen LogP contribution in [0.5, 0.6) is 0 Å². The largest absolute Gasteiger partial charge is 0.466 e. The fraction of sp³-hybridized carbons (Fsp3) is 0.467. The van der Waals surface area contributed by atoms with E-state index in [1.807, 2.05) is 12.3 Å². The summed E-state index contributed by atoms with van der Waals surface area (Å²) in [6, 6.07) is 3.40. The van der Waals surface area contributed by atoms with E-state index in [0.29, 0.717) is 12.2 Å². The quantitative estimate of drug-likeness (QED) is 0.823. The van der Waals surface area contributed by atoms with Crippen LogP contribution in [0, 0.1) is 6.92 Å². The molecule has 1 atom stereocenters. The number of amides is 1. The average molecular weight is 308 g/mol. The summed E-state index contributed by atoms with van der Waals surface area (Å²) in [6.07, 6.45) is 3.47. The second-order valence-electron chi connectivity index (χ2n) is 5.24. The lowest BCUT2D eigenvalue weighted by atomic mass is 10.0. The Morgan fingerprint density at radius 2 is 2.38 bits per heavy atom. The van der Waals surface area contributed by atoms with Crippen molar-refractivity contribution in [2.45, 2.75) is 38.7 Å². The fourth-order valence-corrected chi connectivity index (χ4v) is 2.63. The molecule has 0 saturated carbocycles. The van der Waals surface area contributed by atoms with Crippen LogP contribution in [0.1, 0.15) is 36.2 Å². The molecular weight excluding hydrogens is 288 g/mol. The minimum Gasteiger partial charge on any atom is -0.466 e. The number of carbonyl (C=O) groups is 1. The molecule has 0 fully saturated rings. The number of aliphatic hydroxyl groups is 1. The number of carbonyl (C=O) groups excluding carboxylic acids is 1. The molecule has 0 aliphatic rings. The summed E-state index contributed by atoms with van der Waals surface area (Å²) < 4.78 is 5.16. The number of hydrogen-bond donors (Lipinski definition) is 2. The summed E-state index contributed by atoms with van der Waals surface area (Å²) in [6.45, 7) is 3.72. The molecule has 2 rings (SSSR count). The van der Waals surface area contributed by atoms with Crippen molar-refractivity contribution in [2.75, 3.05) is 6.54 Å². The predicted molar refractivity (Wildman–Crippen MR) is 81.1 cm³/mol. The number of hydrogen-bond acceptors (Lipinski definition) is 5. The van der Waals surface area contributed by atoms with Crippen LogP contribution in [-0.4, -0.2) is 22.5 Å². The maximum Gasteiger partial charge on any atom is 0.220 e. The molecule has 1 unspecified atom stereocenters. The topological polar surface area (TPSA) is 75.4 Å². The number of thiazole rings is 1. The van der Waals surface area contributed by atoms with E-state index in [2.05, 4.69) is 10.3 Å². The zero-order chi connectivity index (χ0) is 15.3. The van der Waals surface area contributed by atoms with Crippen molar-refractivity contribution in [3.05, 3.63) is 40.2 Å². The van der Waals surface area contributed by atoms with Gasteiger partial charge >= 0.3 is 0 Å². The molecule has 0 radical (unpaired) electrons. The maximum absolute atomic E-state index is 11.8. The number of nitrogens with zero attached hydrogens (tertiary/aromatic N) is 1. The van der Waals surface area contributed by atoms with Gasteiger partial charge in [0, 0.05) is 11.8 Å². The molecule has 0 spiro atoms. The van der Waals surface area contributed by atoms with Gasteiger partial charge in [0.1, 0.15) is 11.4 Å². The monoisotopic (exact) mass is 308 g/mol. The van der Waals surface area contributed by atoms with E-state index < -0.39 is 5.60 Å². The van der Waals surface area contributed by atoms with Gasteiger partial charge in [0.2, 0.25) is 5.91 Å². The van der Waals surface area contributed by atoms with Crippen LogP contribution in [-0.2, 0) is 16.8 Å². The van der Waals surface area contributed by atoms with Gasteiger partial charge in [-0.25, -0.2) is 4.98 Å². The van der Waals surface area contributed by atoms with Gasteiger partial charge in [-0.05, 0) is 38.8 Å². The van der Waals surface area contributed by atoms with Gasteiger partial charge < -0.3 is 14.8 Å². The number of furan rings is 1. The Balaban J connectivity index is 1.70. The Morgan fingerprint density at radius 3 is 3.00 bits per heavy atom. The minimum atomic E-state index is -1.19. The van der Waals surface area contributed by atoms with E-state index in [1.54, 1.807) is 30.4 Å². The molecule has 2 N–H and O–H groups in total. The Kier molecular flexibility index (Phi) is 5.14. The van der Waals surface area contributed by atoms with Crippen LogP contribution >= 0.6 is 11.3 Å². The first-order valence-electron chi connectivity index (χ1n) is 6.91. The summed E-state index contributed by atoms with van der Waals surface area (Å²) in [5.74, 6) is 0.370. The lowest BCUT2D eigenvalue weighted by Crippen LogP contribution is -2.38. The molecule has 1 amide bonds. The smallest absolute Gasteiger partial charge is 0.220 e. The van der Waals surface area contributed by atoms with Gasteiger partial charge in [-0.15, -0.1) is 11.3 Å². The first-order chi connectivity index (χ1) is 9.97. The summed E-state index contributed by atoms with van der Waals surface area (Å²) in [5.41, 5.74) is -0.154. The van der Waals surface area contributed by atoms with Gasteiger partial charge in [-0.2, -0.15) is 0 Å². The summed E-state index contributed by atoms with van der Waals surface area (Å²) in [7, 11) is 0. The number of nitrogens with one attached hydrogen (secondary N) is 1. The van der Waals surface area contributed by atoms with E-state index in [1.165, 1.54) is 6.26 Å². The molecule has 0 aromatic carbocycles. The summed E-state index contributed by atoms with van der Waals surface area (Å²) >= 11 is 1.62. The number of aryl methyl sites for hydroxylation is 2. The van der Waals surface area contributed by atoms with Crippen LogP contribution in [0.25, 0.3) is 0 Å². The van der Waals surface area contributed by atoms with Crippen LogP contribution in [0.4, 0.5) is 0 Å². The zero-order valence-corrected chi connectivity index (χ0v) is 13.1. The van der Waals surface area contributed by atoms with Gasteiger partial charge in [-0.1, -0.05) is 0 Å². The molecule has 21 heavy (non-hydrogen) atoms. The van der Waals surface area contributed by atoms with Crippen molar-refractivity contribution in [1.29, 1.82) is 0 Å². The highest BCUT2D eigenvalue weighted by molar-refractivity contribution is 7.09. The highest BCUT2D eigenvalue weighted by Crippen LogP contribution is 2.19. The molecule has 2 aromatic rings. The predicted octanol–water partition coefficient (Wildman–Crippen LogP) is 2.39. The molecule has 114 valence electrons. The van der Waals surface area contributed by atoms with E-state index in [-0.39, 0.29) is 12.5 Å². The molecule has 2 aromatic heterocycles. The fourth-order valence-electron chi connectivity index (χ4n) is 1.98. The molecule has 6 heteroatoms. The van der Waals surface area contributed by atoms with Gasteiger partial charge in [0.25, 0.3) is 0 Å². The van der Waals surface area contributed by atoms with E-state index in [9.17, 15) is 9.90 Å². The molecule has 0 saturated heterocycles. The van der Waals surface area contributed by atoms with Crippen molar-refractivity contribution in [3.63, 3.8) is 0 Å². The van der Waals surface area contributed by atoms with Crippen LogP contribution in [0.15, 0.2) is 28.2 Å². The minimum absolute atomic E-state index is 0.0752. The zero-order valence-electron chi connectivity index (χ0n) is 12.3. The third kappa shape index (κ3) is 4.68. The van der Waals surface area contributed by atoms with Gasteiger partial charge in [0.15, 0.2) is 0 Å². The van der Waals surface area contributed by atoms with E-state index in [4.69, 9.17) is 4.42 Å². The first-order valence-corrected chi connectivity index (χ1v) is 7.79. The van der Waals surface area contributed by atoms with Gasteiger partial charge in [0.05, 0.1) is 23.5 Å². The maximum atomic E-state index is 11.8. The average Bonchev–Trinajstić information content (AvgIpc) is 3.08. The third-order valence-corrected chi connectivity index (χ3v) is 4.01. The first kappa shape index (κ1) is 15.7. The highest BCUT2D eigenvalue weighted by atomic mass is 32.1. The van der Waals surface area contributed by atoms with Crippen LogP contribution in [0.3, 0.4) is 0 Å². The Bertz CT molecular complexity index is 576. The Labute approximate surface area is 128 Å². The molecule has 0 bridgehead atoms. The SMILES string of the molecule is Cc1nc(CCCC(=O)NCC(C)(O)c2ccco2)cs1. The van der Waals surface area contributed by atoms with Crippen molar-refractivity contribution in [2.24, 2.45) is 0 Å².